The maximum atomic E-state index is 5.10. The Labute approximate surface area is 96.6 Å². The van der Waals surface area contributed by atoms with Gasteiger partial charge in [0.25, 0.3) is 0 Å². The fourth-order valence-corrected chi connectivity index (χ4v) is 1.60. The molecule has 0 bridgehead atoms. The van der Waals surface area contributed by atoms with Gasteiger partial charge in [-0.05, 0) is 18.9 Å². The van der Waals surface area contributed by atoms with E-state index in [0.29, 0.717) is 5.88 Å². The summed E-state index contributed by atoms with van der Waals surface area (Å²) in [5.74, 6) is 0.666. The number of likely N-dealkylation sites (N-methyl/N-ethyl adjacent to an activating group) is 1. The van der Waals surface area contributed by atoms with Crippen LogP contribution < -0.4 is 15.0 Å². The lowest BCUT2D eigenvalue weighted by molar-refractivity contribution is 0.398. The monoisotopic (exact) mass is 221 g/mol. The van der Waals surface area contributed by atoms with Crippen LogP contribution in [0.25, 0.3) is 0 Å². The predicted molar refractivity (Wildman–Crippen MR) is 65.1 cm³/mol. The van der Waals surface area contributed by atoms with Gasteiger partial charge in [-0.15, -0.1) is 0 Å². The fourth-order valence-electron chi connectivity index (χ4n) is 1.60. The molecule has 16 heavy (non-hydrogen) atoms. The third kappa shape index (κ3) is 3.10. The van der Waals surface area contributed by atoms with Gasteiger partial charge >= 0.3 is 0 Å². The predicted octanol–water partition coefficient (Wildman–Crippen LogP) is 1.28. The molecule has 0 amide bonds. The van der Waals surface area contributed by atoms with Crippen LogP contribution >= 0.6 is 0 Å². The molecule has 88 valence electrons. The first-order chi connectivity index (χ1) is 7.79. The van der Waals surface area contributed by atoms with Crippen molar-refractivity contribution in [3.8, 4) is 5.88 Å². The number of rotatable bonds is 6. The summed E-state index contributed by atoms with van der Waals surface area (Å²) in [4.78, 5) is 6.30. The molecule has 0 unspecified atom stereocenters. The van der Waals surface area contributed by atoms with Gasteiger partial charge in [-0.3, -0.25) is 0 Å². The van der Waals surface area contributed by atoms with Crippen LogP contribution in [0, 0.1) is 0 Å². The van der Waals surface area contributed by atoms with E-state index in [4.69, 9.17) is 4.74 Å². The SMILES string of the molecule is COc1cc(N(C)CCNC2CC2)ccn1. The van der Waals surface area contributed by atoms with Crippen molar-refractivity contribution in [3.05, 3.63) is 18.3 Å². The molecule has 0 atom stereocenters. The first-order valence-corrected chi connectivity index (χ1v) is 5.74. The summed E-state index contributed by atoms with van der Waals surface area (Å²) in [6.45, 7) is 2.04. The smallest absolute Gasteiger partial charge is 0.214 e. The molecule has 1 aromatic heterocycles. The molecule has 1 saturated carbocycles. The molecule has 1 heterocycles. The molecule has 4 heteroatoms. The standard InChI is InChI=1S/C12H19N3O/c1-15(8-7-13-10-3-4-10)11-5-6-14-12(9-11)16-2/h5-6,9-10,13H,3-4,7-8H2,1-2H3. The Bertz CT molecular complexity index is 339. The zero-order valence-electron chi connectivity index (χ0n) is 9.94. The van der Waals surface area contributed by atoms with Crippen LogP contribution in [0.5, 0.6) is 5.88 Å². The van der Waals surface area contributed by atoms with Crippen molar-refractivity contribution in [3.63, 3.8) is 0 Å². The first-order valence-electron chi connectivity index (χ1n) is 5.74. The molecule has 1 N–H and O–H groups in total. The molecule has 2 rings (SSSR count). The number of hydrogen-bond acceptors (Lipinski definition) is 4. The zero-order valence-corrected chi connectivity index (χ0v) is 9.94. The second-order valence-electron chi connectivity index (χ2n) is 4.21. The number of pyridine rings is 1. The highest BCUT2D eigenvalue weighted by atomic mass is 16.5. The molecule has 0 aromatic carbocycles. The van der Waals surface area contributed by atoms with Crippen LogP contribution in [-0.4, -0.2) is 38.3 Å². The highest BCUT2D eigenvalue weighted by molar-refractivity contribution is 5.47. The number of ether oxygens (including phenoxy) is 1. The molecule has 1 aliphatic carbocycles. The van der Waals surface area contributed by atoms with Crippen molar-refractivity contribution in [1.82, 2.24) is 10.3 Å². The van der Waals surface area contributed by atoms with Gasteiger partial charge in [0.15, 0.2) is 0 Å². The highest BCUT2D eigenvalue weighted by Gasteiger charge is 2.19. The van der Waals surface area contributed by atoms with Crippen molar-refractivity contribution < 1.29 is 4.74 Å². The molecule has 0 saturated heterocycles. The average Bonchev–Trinajstić information content (AvgIpc) is 3.13. The molecule has 0 aliphatic heterocycles. The van der Waals surface area contributed by atoms with Gasteiger partial charge in [0, 0.05) is 44.1 Å². The van der Waals surface area contributed by atoms with Gasteiger partial charge in [-0.2, -0.15) is 0 Å². The number of aromatic nitrogens is 1. The quantitative estimate of drug-likeness (QED) is 0.785. The van der Waals surface area contributed by atoms with Crippen LogP contribution in [-0.2, 0) is 0 Å². The molecule has 0 radical (unpaired) electrons. The Hall–Kier alpha value is -1.29. The number of nitrogens with zero attached hydrogens (tertiary/aromatic N) is 2. The van der Waals surface area contributed by atoms with Crippen LogP contribution in [0.1, 0.15) is 12.8 Å². The summed E-state index contributed by atoms with van der Waals surface area (Å²) in [6.07, 6.45) is 4.46. The Kier molecular flexibility index (Phi) is 3.62. The molecule has 0 spiro atoms. The van der Waals surface area contributed by atoms with Crippen molar-refractivity contribution in [1.29, 1.82) is 0 Å². The first kappa shape index (κ1) is 11.2. The number of methoxy groups -OCH3 is 1. The molecular weight excluding hydrogens is 202 g/mol. The summed E-state index contributed by atoms with van der Waals surface area (Å²) in [5, 5.41) is 3.50. The summed E-state index contributed by atoms with van der Waals surface area (Å²) in [5.41, 5.74) is 1.14. The Morgan fingerprint density at radius 2 is 2.38 bits per heavy atom. The Morgan fingerprint density at radius 3 is 3.06 bits per heavy atom. The fraction of sp³-hybridized carbons (Fsp3) is 0.583. The van der Waals surface area contributed by atoms with E-state index < -0.39 is 0 Å². The summed E-state index contributed by atoms with van der Waals surface area (Å²) < 4.78 is 5.10. The van der Waals surface area contributed by atoms with Gasteiger partial charge in [0.05, 0.1) is 7.11 Å². The second kappa shape index (κ2) is 5.16. The molecule has 4 nitrogen and oxygen atoms in total. The van der Waals surface area contributed by atoms with E-state index in [1.165, 1.54) is 12.8 Å². The topological polar surface area (TPSA) is 37.4 Å². The van der Waals surface area contributed by atoms with E-state index in [1.807, 2.05) is 12.1 Å². The van der Waals surface area contributed by atoms with Gasteiger partial charge in [-0.25, -0.2) is 4.98 Å². The number of hydrogen-bond donors (Lipinski definition) is 1. The number of anilines is 1. The van der Waals surface area contributed by atoms with Gasteiger partial charge in [0.2, 0.25) is 5.88 Å². The summed E-state index contributed by atoms with van der Waals surface area (Å²) in [6, 6.07) is 4.73. The minimum Gasteiger partial charge on any atom is -0.481 e. The largest absolute Gasteiger partial charge is 0.481 e. The lowest BCUT2D eigenvalue weighted by atomic mass is 10.3. The van der Waals surface area contributed by atoms with Crippen molar-refractivity contribution in [2.45, 2.75) is 18.9 Å². The van der Waals surface area contributed by atoms with Gasteiger partial charge in [-0.1, -0.05) is 0 Å². The lowest BCUT2D eigenvalue weighted by Gasteiger charge is -2.19. The Morgan fingerprint density at radius 1 is 1.56 bits per heavy atom. The summed E-state index contributed by atoms with van der Waals surface area (Å²) >= 11 is 0. The van der Waals surface area contributed by atoms with Crippen LogP contribution in [0.2, 0.25) is 0 Å². The van der Waals surface area contributed by atoms with Crippen LogP contribution in [0.15, 0.2) is 18.3 Å². The van der Waals surface area contributed by atoms with E-state index in [9.17, 15) is 0 Å². The third-order valence-electron chi connectivity index (χ3n) is 2.83. The number of nitrogens with one attached hydrogen (secondary N) is 1. The van der Waals surface area contributed by atoms with Crippen molar-refractivity contribution >= 4 is 5.69 Å². The van der Waals surface area contributed by atoms with E-state index >= 15 is 0 Å². The maximum absolute atomic E-state index is 5.10. The summed E-state index contributed by atoms with van der Waals surface area (Å²) in [7, 11) is 3.73. The third-order valence-corrected chi connectivity index (χ3v) is 2.83. The van der Waals surface area contributed by atoms with E-state index in [0.717, 1.165) is 24.8 Å². The minimum atomic E-state index is 0.666. The normalized spacial score (nSPS) is 14.9. The van der Waals surface area contributed by atoms with Gasteiger partial charge in [0.1, 0.15) is 0 Å². The van der Waals surface area contributed by atoms with Crippen molar-refractivity contribution in [2.24, 2.45) is 0 Å². The molecule has 1 aromatic rings. The minimum absolute atomic E-state index is 0.666. The highest BCUT2D eigenvalue weighted by Crippen LogP contribution is 2.19. The molecule has 1 fully saturated rings. The average molecular weight is 221 g/mol. The van der Waals surface area contributed by atoms with Crippen LogP contribution in [0.3, 0.4) is 0 Å². The van der Waals surface area contributed by atoms with Crippen LogP contribution in [0.4, 0.5) is 5.69 Å². The van der Waals surface area contributed by atoms with E-state index in [-0.39, 0.29) is 0 Å². The molecular formula is C12H19N3O. The zero-order chi connectivity index (χ0) is 11.4. The Balaban J connectivity index is 1.83. The van der Waals surface area contributed by atoms with Crippen molar-refractivity contribution in [2.75, 3.05) is 32.1 Å². The second-order valence-corrected chi connectivity index (χ2v) is 4.21. The maximum Gasteiger partial charge on any atom is 0.214 e. The molecule has 1 aliphatic rings. The van der Waals surface area contributed by atoms with Gasteiger partial charge < -0.3 is 15.0 Å². The lowest BCUT2D eigenvalue weighted by Crippen LogP contribution is -2.30. The van der Waals surface area contributed by atoms with E-state index in [2.05, 4.69) is 22.2 Å². The van der Waals surface area contributed by atoms with E-state index in [1.54, 1.807) is 13.3 Å².